The van der Waals surface area contributed by atoms with Crippen molar-refractivity contribution < 1.29 is 4.39 Å². The van der Waals surface area contributed by atoms with Gasteiger partial charge in [-0.15, -0.1) is 0 Å². The SMILES string of the molecule is CCC(N)CCC(C)(CC)c1ccc(F)cc1. The van der Waals surface area contributed by atoms with Crippen LogP contribution in [0.1, 0.15) is 52.0 Å². The molecule has 1 aromatic carbocycles. The number of nitrogens with two attached hydrogens (primary N) is 1. The summed E-state index contributed by atoms with van der Waals surface area (Å²) < 4.78 is 12.9. The van der Waals surface area contributed by atoms with Crippen molar-refractivity contribution in [2.45, 2.75) is 57.9 Å². The molecule has 0 aromatic heterocycles. The minimum Gasteiger partial charge on any atom is -0.328 e. The van der Waals surface area contributed by atoms with Crippen molar-refractivity contribution in [3.05, 3.63) is 35.6 Å². The lowest BCUT2D eigenvalue weighted by atomic mass is 9.75. The fourth-order valence-electron chi connectivity index (χ4n) is 2.09. The van der Waals surface area contributed by atoms with E-state index < -0.39 is 0 Å². The van der Waals surface area contributed by atoms with E-state index >= 15 is 0 Å². The maximum Gasteiger partial charge on any atom is 0.123 e. The predicted molar refractivity (Wildman–Crippen MR) is 71.5 cm³/mol. The average Bonchev–Trinajstić information content (AvgIpc) is 2.36. The normalized spacial score (nSPS) is 16.5. The molecule has 0 fully saturated rings. The monoisotopic (exact) mass is 237 g/mol. The third-order valence-corrected chi connectivity index (χ3v) is 3.91. The summed E-state index contributed by atoms with van der Waals surface area (Å²) >= 11 is 0. The molecule has 0 heterocycles. The molecule has 0 radical (unpaired) electrons. The number of halogens is 1. The molecule has 0 amide bonds. The smallest absolute Gasteiger partial charge is 0.123 e. The molecule has 0 aliphatic heterocycles. The van der Waals surface area contributed by atoms with Gasteiger partial charge in [0.15, 0.2) is 0 Å². The van der Waals surface area contributed by atoms with E-state index in [9.17, 15) is 4.39 Å². The van der Waals surface area contributed by atoms with Gasteiger partial charge in [-0.3, -0.25) is 0 Å². The molecule has 0 bridgehead atoms. The molecule has 0 spiro atoms. The van der Waals surface area contributed by atoms with Crippen LogP contribution in [-0.2, 0) is 5.41 Å². The van der Waals surface area contributed by atoms with Crippen LogP contribution in [0, 0.1) is 5.82 Å². The minimum atomic E-state index is -0.169. The van der Waals surface area contributed by atoms with Gasteiger partial charge in [-0.05, 0) is 48.8 Å². The molecule has 0 aliphatic carbocycles. The highest BCUT2D eigenvalue weighted by Crippen LogP contribution is 2.33. The van der Waals surface area contributed by atoms with E-state index in [2.05, 4.69) is 20.8 Å². The molecule has 0 aliphatic rings. The summed E-state index contributed by atoms with van der Waals surface area (Å²) in [4.78, 5) is 0. The van der Waals surface area contributed by atoms with Gasteiger partial charge in [0.25, 0.3) is 0 Å². The summed E-state index contributed by atoms with van der Waals surface area (Å²) in [5.41, 5.74) is 7.30. The molecule has 1 aromatic rings. The van der Waals surface area contributed by atoms with Crippen LogP contribution in [0.15, 0.2) is 24.3 Å². The van der Waals surface area contributed by atoms with E-state index in [1.165, 1.54) is 5.56 Å². The van der Waals surface area contributed by atoms with E-state index in [4.69, 9.17) is 5.73 Å². The van der Waals surface area contributed by atoms with Crippen LogP contribution in [-0.4, -0.2) is 6.04 Å². The lowest BCUT2D eigenvalue weighted by Crippen LogP contribution is -2.26. The lowest BCUT2D eigenvalue weighted by Gasteiger charge is -2.30. The molecule has 0 saturated heterocycles. The first kappa shape index (κ1) is 14.2. The van der Waals surface area contributed by atoms with E-state index in [0.717, 1.165) is 25.7 Å². The second-order valence-corrected chi connectivity index (χ2v) is 5.13. The van der Waals surface area contributed by atoms with Crippen LogP contribution in [0.2, 0.25) is 0 Å². The number of hydrogen-bond donors (Lipinski definition) is 1. The van der Waals surface area contributed by atoms with Crippen molar-refractivity contribution in [3.63, 3.8) is 0 Å². The van der Waals surface area contributed by atoms with Crippen LogP contribution >= 0.6 is 0 Å². The van der Waals surface area contributed by atoms with Crippen molar-refractivity contribution in [2.75, 3.05) is 0 Å². The molecule has 2 heteroatoms. The minimum absolute atomic E-state index is 0.112. The number of rotatable bonds is 6. The van der Waals surface area contributed by atoms with Crippen molar-refractivity contribution in [2.24, 2.45) is 5.73 Å². The maximum absolute atomic E-state index is 12.9. The summed E-state index contributed by atoms with van der Waals surface area (Å²) in [5.74, 6) is -0.169. The molecule has 2 atom stereocenters. The van der Waals surface area contributed by atoms with Gasteiger partial charge in [-0.1, -0.05) is 32.9 Å². The quantitative estimate of drug-likeness (QED) is 0.794. The molecule has 0 saturated carbocycles. The van der Waals surface area contributed by atoms with Crippen molar-refractivity contribution >= 4 is 0 Å². The van der Waals surface area contributed by atoms with Gasteiger partial charge in [0, 0.05) is 6.04 Å². The zero-order chi connectivity index (χ0) is 12.9. The highest BCUT2D eigenvalue weighted by Gasteiger charge is 2.24. The van der Waals surface area contributed by atoms with Gasteiger partial charge >= 0.3 is 0 Å². The van der Waals surface area contributed by atoms with Gasteiger partial charge < -0.3 is 5.73 Å². The van der Waals surface area contributed by atoms with Crippen LogP contribution < -0.4 is 5.73 Å². The Morgan fingerprint density at radius 1 is 1.24 bits per heavy atom. The average molecular weight is 237 g/mol. The van der Waals surface area contributed by atoms with Crippen LogP contribution in [0.4, 0.5) is 4.39 Å². The summed E-state index contributed by atoms with van der Waals surface area (Å²) in [6, 6.07) is 7.17. The lowest BCUT2D eigenvalue weighted by molar-refractivity contribution is 0.381. The first-order chi connectivity index (χ1) is 8.01. The molecule has 2 N–H and O–H groups in total. The zero-order valence-electron chi connectivity index (χ0n) is 11.2. The molecular formula is C15H24FN. The molecular weight excluding hydrogens is 213 g/mol. The summed E-state index contributed by atoms with van der Waals surface area (Å²) in [6.45, 7) is 6.54. The maximum atomic E-state index is 12.9. The van der Waals surface area contributed by atoms with Crippen LogP contribution in [0.5, 0.6) is 0 Å². The van der Waals surface area contributed by atoms with E-state index in [1.54, 1.807) is 12.1 Å². The Morgan fingerprint density at radius 3 is 2.29 bits per heavy atom. The third-order valence-electron chi connectivity index (χ3n) is 3.91. The Bertz CT molecular complexity index is 333. The molecule has 96 valence electrons. The zero-order valence-corrected chi connectivity index (χ0v) is 11.2. The van der Waals surface area contributed by atoms with Gasteiger partial charge in [0.2, 0.25) is 0 Å². The second-order valence-electron chi connectivity index (χ2n) is 5.13. The Hall–Kier alpha value is -0.890. The van der Waals surface area contributed by atoms with Crippen molar-refractivity contribution in [1.29, 1.82) is 0 Å². The van der Waals surface area contributed by atoms with Gasteiger partial charge in [-0.25, -0.2) is 4.39 Å². The highest BCUT2D eigenvalue weighted by atomic mass is 19.1. The van der Waals surface area contributed by atoms with Gasteiger partial charge in [-0.2, -0.15) is 0 Å². The Morgan fingerprint density at radius 2 is 1.82 bits per heavy atom. The Labute approximate surface area is 104 Å². The van der Waals surface area contributed by atoms with Crippen molar-refractivity contribution in [3.8, 4) is 0 Å². The van der Waals surface area contributed by atoms with Crippen LogP contribution in [0.3, 0.4) is 0 Å². The first-order valence-electron chi connectivity index (χ1n) is 6.53. The molecule has 1 rings (SSSR count). The van der Waals surface area contributed by atoms with Gasteiger partial charge in [0.1, 0.15) is 5.82 Å². The predicted octanol–water partition coefficient (Wildman–Crippen LogP) is 4.01. The fourth-order valence-corrected chi connectivity index (χ4v) is 2.09. The highest BCUT2D eigenvalue weighted by molar-refractivity contribution is 5.24. The van der Waals surface area contributed by atoms with Crippen molar-refractivity contribution in [1.82, 2.24) is 0 Å². The molecule has 1 nitrogen and oxygen atoms in total. The Balaban J connectivity index is 2.77. The molecule has 2 unspecified atom stereocenters. The second kappa shape index (κ2) is 6.15. The summed E-state index contributed by atoms with van der Waals surface area (Å²) in [7, 11) is 0. The number of benzene rings is 1. The number of hydrogen-bond acceptors (Lipinski definition) is 1. The summed E-state index contributed by atoms with van der Waals surface area (Å²) in [5, 5.41) is 0. The van der Waals surface area contributed by atoms with E-state index in [0.29, 0.717) is 0 Å². The standard InChI is InChI=1S/C15H24FN/c1-4-14(17)10-11-15(3,5-2)12-6-8-13(16)9-7-12/h6-9,14H,4-5,10-11,17H2,1-3H3. The first-order valence-corrected chi connectivity index (χ1v) is 6.53. The Kier molecular flexibility index (Phi) is 5.13. The third kappa shape index (κ3) is 3.81. The fraction of sp³-hybridized carbons (Fsp3) is 0.600. The van der Waals surface area contributed by atoms with E-state index in [1.807, 2.05) is 12.1 Å². The van der Waals surface area contributed by atoms with Gasteiger partial charge in [0.05, 0.1) is 0 Å². The van der Waals surface area contributed by atoms with E-state index in [-0.39, 0.29) is 17.3 Å². The largest absolute Gasteiger partial charge is 0.328 e. The molecule has 17 heavy (non-hydrogen) atoms. The summed E-state index contributed by atoms with van der Waals surface area (Å²) in [6.07, 6.45) is 4.15. The van der Waals surface area contributed by atoms with Crippen LogP contribution in [0.25, 0.3) is 0 Å². The topological polar surface area (TPSA) is 26.0 Å².